The number of alkyl halides is 3. The summed E-state index contributed by atoms with van der Waals surface area (Å²) in [6.07, 6.45) is -0.876. The first-order chi connectivity index (χ1) is 12.8. The van der Waals surface area contributed by atoms with Gasteiger partial charge in [-0.25, -0.2) is 0 Å². The summed E-state index contributed by atoms with van der Waals surface area (Å²) in [6.45, 7) is 3.94. The molecule has 1 heterocycles. The Labute approximate surface area is 155 Å². The molecule has 8 heteroatoms. The zero-order valence-corrected chi connectivity index (χ0v) is 15.2. The van der Waals surface area contributed by atoms with Gasteiger partial charge in [-0.1, -0.05) is 44.0 Å². The van der Waals surface area contributed by atoms with Crippen LogP contribution in [0.5, 0.6) is 0 Å². The molecular weight excluding hydrogens is 359 g/mol. The van der Waals surface area contributed by atoms with E-state index in [2.05, 4.69) is 15.5 Å². The Kier molecular flexibility index (Phi) is 5.53. The normalized spacial score (nSPS) is 17.2. The molecule has 1 aliphatic rings. The largest absolute Gasteiger partial charge is 0.416 e. The van der Waals surface area contributed by atoms with E-state index in [9.17, 15) is 18.0 Å². The Bertz CT molecular complexity index is 799. The fourth-order valence-electron chi connectivity index (χ4n) is 2.94. The maximum atomic E-state index is 12.9. The summed E-state index contributed by atoms with van der Waals surface area (Å²) in [4.78, 5) is 16.6. The summed E-state index contributed by atoms with van der Waals surface area (Å²) in [7, 11) is 0. The predicted molar refractivity (Wildman–Crippen MR) is 92.4 cm³/mol. The molecule has 0 radical (unpaired) electrons. The van der Waals surface area contributed by atoms with Crippen LogP contribution in [0.25, 0.3) is 11.4 Å². The number of aromatic nitrogens is 2. The van der Waals surface area contributed by atoms with Crippen molar-refractivity contribution in [1.29, 1.82) is 0 Å². The number of hydrogen-bond donors (Lipinski definition) is 1. The minimum Gasteiger partial charge on any atom is -0.344 e. The SMILES string of the molecule is CC[C@H](C)[C@@H](NC(=O)C1CCC1)c1nc(-c2cccc(C(F)(F)F)c2)no1. The van der Waals surface area contributed by atoms with Crippen molar-refractivity contribution in [2.75, 3.05) is 0 Å². The maximum Gasteiger partial charge on any atom is 0.416 e. The van der Waals surface area contributed by atoms with E-state index in [0.29, 0.717) is 0 Å². The molecule has 5 nitrogen and oxygen atoms in total. The monoisotopic (exact) mass is 381 g/mol. The van der Waals surface area contributed by atoms with Crippen molar-refractivity contribution in [2.24, 2.45) is 11.8 Å². The maximum absolute atomic E-state index is 12.9. The number of carbonyl (C=O) groups excluding carboxylic acids is 1. The van der Waals surface area contributed by atoms with E-state index in [-0.39, 0.29) is 35.0 Å². The summed E-state index contributed by atoms with van der Waals surface area (Å²) >= 11 is 0. The average molecular weight is 381 g/mol. The van der Waals surface area contributed by atoms with Gasteiger partial charge in [0.25, 0.3) is 0 Å². The molecule has 1 amide bonds. The van der Waals surface area contributed by atoms with E-state index in [1.807, 2.05) is 13.8 Å². The Morgan fingerprint density at radius 3 is 2.70 bits per heavy atom. The van der Waals surface area contributed by atoms with Crippen LogP contribution in [0.2, 0.25) is 0 Å². The Hall–Kier alpha value is -2.38. The second-order valence-corrected chi connectivity index (χ2v) is 7.03. The lowest BCUT2D eigenvalue weighted by atomic mass is 9.84. The predicted octanol–water partition coefficient (Wildman–Crippen LogP) is 4.76. The van der Waals surface area contributed by atoms with Gasteiger partial charge in [-0.3, -0.25) is 4.79 Å². The lowest BCUT2D eigenvalue weighted by molar-refractivity contribution is -0.137. The molecule has 1 aromatic heterocycles. The molecule has 0 aliphatic heterocycles. The number of carbonyl (C=O) groups is 1. The van der Waals surface area contributed by atoms with Crippen molar-refractivity contribution in [3.8, 4) is 11.4 Å². The fourth-order valence-corrected chi connectivity index (χ4v) is 2.94. The van der Waals surface area contributed by atoms with Gasteiger partial charge in [0.15, 0.2) is 0 Å². The van der Waals surface area contributed by atoms with Crippen LogP contribution in [-0.4, -0.2) is 16.0 Å². The van der Waals surface area contributed by atoms with Crippen LogP contribution in [0.15, 0.2) is 28.8 Å². The molecular formula is C19H22F3N3O2. The quantitative estimate of drug-likeness (QED) is 0.783. The Balaban J connectivity index is 1.84. The molecule has 27 heavy (non-hydrogen) atoms. The highest BCUT2D eigenvalue weighted by atomic mass is 19.4. The summed E-state index contributed by atoms with van der Waals surface area (Å²) < 4.78 is 44.1. The lowest BCUT2D eigenvalue weighted by Gasteiger charge is -2.28. The van der Waals surface area contributed by atoms with E-state index in [4.69, 9.17) is 4.52 Å². The average Bonchev–Trinajstić information content (AvgIpc) is 3.06. The molecule has 2 aromatic rings. The molecule has 0 spiro atoms. The number of halogens is 3. The molecule has 3 rings (SSSR count). The number of amides is 1. The molecule has 2 atom stereocenters. The van der Waals surface area contributed by atoms with Crippen LogP contribution in [0, 0.1) is 11.8 Å². The van der Waals surface area contributed by atoms with Crippen LogP contribution < -0.4 is 5.32 Å². The van der Waals surface area contributed by atoms with Crippen molar-refractivity contribution >= 4 is 5.91 Å². The van der Waals surface area contributed by atoms with Gasteiger partial charge in [0, 0.05) is 11.5 Å². The van der Waals surface area contributed by atoms with Crippen molar-refractivity contribution in [1.82, 2.24) is 15.5 Å². The highest BCUT2D eigenvalue weighted by Gasteiger charge is 2.33. The minimum atomic E-state index is -4.45. The third-order valence-corrected chi connectivity index (χ3v) is 5.14. The standard InChI is InChI=1S/C19H22F3N3O2/c1-3-11(2)15(23-17(26)12-6-4-7-12)18-24-16(25-27-18)13-8-5-9-14(10-13)19(20,21)22/h5,8-12,15H,3-4,6-7H2,1-2H3,(H,23,26)/t11-,15+/m0/s1. The van der Waals surface area contributed by atoms with Crippen molar-refractivity contribution < 1.29 is 22.5 Å². The topological polar surface area (TPSA) is 68.0 Å². The molecule has 1 saturated carbocycles. The summed E-state index contributed by atoms with van der Waals surface area (Å²) in [5.41, 5.74) is -0.559. The number of rotatable bonds is 6. The van der Waals surface area contributed by atoms with Gasteiger partial charge in [-0.2, -0.15) is 18.2 Å². The zero-order valence-electron chi connectivity index (χ0n) is 15.2. The van der Waals surface area contributed by atoms with Crippen molar-refractivity contribution in [3.63, 3.8) is 0 Å². The van der Waals surface area contributed by atoms with Crippen LogP contribution >= 0.6 is 0 Å². The number of nitrogens with zero attached hydrogens (tertiary/aromatic N) is 2. The highest BCUT2D eigenvalue weighted by Crippen LogP contribution is 2.33. The Morgan fingerprint density at radius 2 is 2.11 bits per heavy atom. The first kappa shape index (κ1) is 19.4. The van der Waals surface area contributed by atoms with Crippen LogP contribution in [-0.2, 0) is 11.0 Å². The van der Waals surface area contributed by atoms with E-state index < -0.39 is 17.8 Å². The number of hydrogen-bond acceptors (Lipinski definition) is 4. The van der Waals surface area contributed by atoms with Gasteiger partial charge < -0.3 is 9.84 Å². The van der Waals surface area contributed by atoms with Gasteiger partial charge in [0.1, 0.15) is 6.04 Å². The van der Waals surface area contributed by atoms with Crippen molar-refractivity contribution in [2.45, 2.75) is 51.7 Å². The third-order valence-electron chi connectivity index (χ3n) is 5.14. The van der Waals surface area contributed by atoms with Gasteiger partial charge in [0.2, 0.25) is 17.6 Å². The molecule has 0 bridgehead atoms. The van der Waals surface area contributed by atoms with E-state index in [1.165, 1.54) is 12.1 Å². The molecule has 146 valence electrons. The molecule has 1 fully saturated rings. The summed E-state index contributed by atoms with van der Waals surface area (Å²) in [5.74, 6) is 0.309. The number of benzene rings is 1. The second-order valence-electron chi connectivity index (χ2n) is 7.03. The van der Waals surface area contributed by atoms with Gasteiger partial charge in [-0.05, 0) is 30.9 Å². The van der Waals surface area contributed by atoms with Crippen LogP contribution in [0.3, 0.4) is 0 Å². The lowest BCUT2D eigenvalue weighted by Crippen LogP contribution is -2.39. The fraction of sp³-hybridized carbons (Fsp3) is 0.526. The van der Waals surface area contributed by atoms with Gasteiger partial charge in [-0.15, -0.1) is 0 Å². The van der Waals surface area contributed by atoms with Crippen LogP contribution in [0.4, 0.5) is 13.2 Å². The van der Waals surface area contributed by atoms with Gasteiger partial charge >= 0.3 is 6.18 Å². The van der Waals surface area contributed by atoms with Crippen molar-refractivity contribution in [3.05, 3.63) is 35.7 Å². The zero-order chi connectivity index (χ0) is 19.6. The number of nitrogens with one attached hydrogen (secondary N) is 1. The second kappa shape index (κ2) is 7.70. The third kappa shape index (κ3) is 4.31. The van der Waals surface area contributed by atoms with E-state index >= 15 is 0 Å². The molecule has 0 unspecified atom stereocenters. The van der Waals surface area contributed by atoms with Crippen LogP contribution in [0.1, 0.15) is 57.0 Å². The molecule has 1 aliphatic carbocycles. The smallest absolute Gasteiger partial charge is 0.344 e. The first-order valence-electron chi connectivity index (χ1n) is 9.11. The molecule has 1 N–H and O–H groups in total. The summed E-state index contributed by atoms with van der Waals surface area (Å²) in [5, 5.41) is 6.80. The van der Waals surface area contributed by atoms with E-state index in [1.54, 1.807) is 0 Å². The minimum absolute atomic E-state index is 0.0161. The Morgan fingerprint density at radius 1 is 1.37 bits per heavy atom. The summed E-state index contributed by atoms with van der Waals surface area (Å²) in [6, 6.07) is 4.31. The first-order valence-corrected chi connectivity index (χ1v) is 9.11. The molecule has 1 aromatic carbocycles. The van der Waals surface area contributed by atoms with E-state index in [0.717, 1.165) is 37.8 Å². The molecule has 0 saturated heterocycles. The highest BCUT2D eigenvalue weighted by molar-refractivity contribution is 5.79. The van der Waals surface area contributed by atoms with Gasteiger partial charge in [0.05, 0.1) is 5.56 Å².